The third-order valence-corrected chi connectivity index (χ3v) is 3.02. The molecule has 6 heteroatoms. The Labute approximate surface area is 119 Å². The van der Waals surface area contributed by atoms with E-state index >= 15 is 0 Å². The zero-order chi connectivity index (χ0) is 14.7. The minimum absolute atomic E-state index is 0.0667. The Morgan fingerprint density at radius 2 is 1.95 bits per heavy atom. The van der Waals surface area contributed by atoms with Gasteiger partial charge in [-0.2, -0.15) is 0 Å². The second kappa shape index (κ2) is 5.71. The van der Waals surface area contributed by atoms with Gasteiger partial charge in [-0.25, -0.2) is 9.59 Å². The summed E-state index contributed by atoms with van der Waals surface area (Å²) >= 11 is 5.93. The first-order chi connectivity index (χ1) is 9.52. The number of ether oxygens (including phenoxy) is 1. The highest BCUT2D eigenvalue weighted by Gasteiger charge is 2.13. The molecule has 20 heavy (non-hydrogen) atoms. The Kier molecular flexibility index (Phi) is 4.00. The van der Waals surface area contributed by atoms with E-state index in [2.05, 4.69) is 9.72 Å². The molecule has 0 saturated carbocycles. The quantitative estimate of drug-likeness (QED) is 0.880. The van der Waals surface area contributed by atoms with Crippen molar-refractivity contribution in [1.29, 1.82) is 0 Å². The van der Waals surface area contributed by atoms with E-state index in [0.29, 0.717) is 11.1 Å². The van der Waals surface area contributed by atoms with Crippen LogP contribution < -0.4 is 0 Å². The molecule has 5 nitrogen and oxygen atoms in total. The molecule has 1 N–H and O–H groups in total. The first-order valence-corrected chi connectivity index (χ1v) is 5.97. The number of halogens is 1. The Bertz CT molecular complexity index is 685. The molecular formula is C14H10ClNO4. The number of carboxylic acids is 1. The van der Waals surface area contributed by atoms with E-state index in [1.54, 1.807) is 12.1 Å². The minimum Gasteiger partial charge on any atom is -0.478 e. The lowest BCUT2D eigenvalue weighted by atomic mass is 10.0. The Morgan fingerprint density at radius 3 is 2.60 bits per heavy atom. The summed E-state index contributed by atoms with van der Waals surface area (Å²) in [6.45, 7) is 0. The SMILES string of the molecule is COC(=O)c1cc(-c2cncc(C(=O)O)c2)ccc1Cl. The van der Waals surface area contributed by atoms with Gasteiger partial charge in [0, 0.05) is 18.0 Å². The van der Waals surface area contributed by atoms with Gasteiger partial charge in [0.2, 0.25) is 0 Å². The summed E-state index contributed by atoms with van der Waals surface area (Å²) in [6, 6.07) is 6.24. The van der Waals surface area contributed by atoms with Crippen molar-refractivity contribution in [2.24, 2.45) is 0 Å². The largest absolute Gasteiger partial charge is 0.478 e. The van der Waals surface area contributed by atoms with Crippen LogP contribution in [0.5, 0.6) is 0 Å². The first-order valence-electron chi connectivity index (χ1n) is 5.59. The second-order valence-corrected chi connectivity index (χ2v) is 4.36. The van der Waals surface area contributed by atoms with E-state index in [-0.39, 0.29) is 16.1 Å². The van der Waals surface area contributed by atoms with Crippen molar-refractivity contribution < 1.29 is 19.4 Å². The van der Waals surface area contributed by atoms with Crippen LogP contribution in [0.1, 0.15) is 20.7 Å². The van der Waals surface area contributed by atoms with Gasteiger partial charge in [0.15, 0.2) is 0 Å². The van der Waals surface area contributed by atoms with Gasteiger partial charge >= 0.3 is 11.9 Å². The van der Waals surface area contributed by atoms with Gasteiger partial charge < -0.3 is 9.84 Å². The monoisotopic (exact) mass is 291 g/mol. The number of carbonyl (C=O) groups excluding carboxylic acids is 1. The van der Waals surface area contributed by atoms with E-state index in [4.69, 9.17) is 16.7 Å². The van der Waals surface area contributed by atoms with Crippen LogP contribution in [-0.2, 0) is 4.74 Å². The predicted octanol–water partition coefficient (Wildman–Crippen LogP) is 2.89. The van der Waals surface area contributed by atoms with Crippen molar-refractivity contribution in [3.63, 3.8) is 0 Å². The number of benzene rings is 1. The van der Waals surface area contributed by atoms with E-state index in [9.17, 15) is 9.59 Å². The second-order valence-electron chi connectivity index (χ2n) is 3.95. The molecule has 0 atom stereocenters. The van der Waals surface area contributed by atoms with Gasteiger partial charge in [0.25, 0.3) is 0 Å². The minimum atomic E-state index is -1.07. The summed E-state index contributed by atoms with van der Waals surface area (Å²) in [5, 5.41) is 9.21. The lowest BCUT2D eigenvalue weighted by Gasteiger charge is -2.07. The van der Waals surface area contributed by atoms with Crippen LogP contribution in [0.25, 0.3) is 11.1 Å². The van der Waals surface area contributed by atoms with Gasteiger partial charge in [0.05, 0.1) is 23.3 Å². The van der Waals surface area contributed by atoms with Crippen molar-refractivity contribution in [3.05, 3.63) is 52.8 Å². The molecule has 1 aromatic carbocycles. The van der Waals surface area contributed by atoms with Crippen LogP contribution in [0.15, 0.2) is 36.7 Å². The average Bonchev–Trinajstić information content (AvgIpc) is 2.47. The fraction of sp³-hybridized carbons (Fsp3) is 0.0714. The molecule has 0 aliphatic carbocycles. The number of pyridine rings is 1. The molecule has 1 heterocycles. The highest BCUT2D eigenvalue weighted by atomic mass is 35.5. The van der Waals surface area contributed by atoms with Crippen LogP contribution >= 0.6 is 11.6 Å². The number of nitrogens with zero attached hydrogens (tertiary/aromatic N) is 1. The molecule has 1 aromatic heterocycles. The molecule has 0 radical (unpaired) electrons. The maximum absolute atomic E-state index is 11.6. The molecule has 0 aliphatic heterocycles. The Hall–Kier alpha value is -2.40. The van der Waals surface area contributed by atoms with Gasteiger partial charge in [-0.15, -0.1) is 0 Å². The number of carboxylic acid groups (broad SMARTS) is 1. The topological polar surface area (TPSA) is 76.5 Å². The van der Waals surface area contributed by atoms with Crippen LogP contribution in [0, 0.1) is 0 Å². The smallest absolute Gasteiger partial charge is 0.339 e. The third kappa shape index (κ3) is 2.78. The highest BCUT2D eigenvalue weighted by molar-refractivity contribution is 6.33. The maximum atomic E-state index is 11.6. The standard InChI is InChI=1S/C14H10ClNO4/c1-20-14(19)11-5-8(2-3-12(11)15)9-4-10(13(17)18)7-16-6-9/h2-7H,1H3,(H,17,18). The van der Waals surface area contributed by atoms with Gasteiger partial charge in [-0.05, 0) is 23.8 Å². The lowest BCUT2D eigenvalue weighted by molar-refractivity contribution is 0.0600. The molecular weight excluding hydrogens is 282 g/mol. The zero-order valence-electron chi connectivity index (χ0n) is 10.5. The molecule has 0 unspecified atom stereocenters. The number of esters is 1. The highest BCUT2D eigenvalue weighted by Crippen LogP contribution is 2.26. The third-order valence-electron chi connectivity index (χ3n) is 2.69. The first kappa shape index (κ1) is 14.0. The van der Waals surface area contributed by atoms with Crippen LogP contribution in [0.3, 0.4) is 0 Å². The number of aromatic nitrogens is 1. The summed E-state index contributed by atoms with van der Waals surface area (Å²) in [7, 11) is 1.26. The number of hydrogen-bond acceptors (Lipinski definition) is 4. The number of hydrogen-bond donors (Lipinski definition) is 1. The molecule has 2 rings (SSSR count). The van der Waals surface area contributed by atoms with Crippen molar-refractivity contribution in [2.75, 3.05) is 7.11 Å². The van der Waals surface area contributed by atoms with Gasteiger partial charge in [0.1, 0.15) is 0 Å². The fourth-order valence-electron chi connectivity index (χ4n) is 1.69. The predicted molar refractivity (Wildman–Crippen MR) is 73.0 cm³/mol. The van der Waals surface area contributed by atoms with E-state index in [0.717, 1.165) is 0 Å². The molecule has 102 valence electrons. The Balaban J connectivity index is 2.50. The number of aromatic carboxylic acids is 1. The van der Waals surface area contributed by atoms with Gasteiger partial charge in [-0.1, -0.05) is 17.7 Å². The van der Waals surface area contributed by atoms with E-state index in [1.807, 2.05) is 0 Å². The number of carbonyl (C=O) groups is 2. The molecule has 0 saturated heterocycles. The lowest BCUT2D eigenvalue weighted by Crippen LogP contribution is -2.02. The number of rotatable bonds is 3. The number of methoxy groups -OCH3 is 1. The van der Waals surface area contributed by atoms with Gasteiger partial charge in [-0.3, -0.25) is 4.98 Å². The van der Waals surface area contributed by atoms with E-state index in [1.165, 1.54) is 31.6 Å². The van der Waals surface area contributed by atoms with Crippen molar-refractivity contribution in [3.8, 4) is 11.1 Å². The summed E-state index contributed by atoms with van der Waals surface area (Å²) in [6.07, 6.45) is 2.76. The summed E-state index contributed by atoms with van der Waals surface area (Å²) in [4.78, 5) is 26.4. The zero-order valence-corrected chi connectivity index (χ0v) is 11.2. The summed E-state index contributed by atoms with van der Waals surface area (Å²) in [5.74, 6) is -1.62. The van der Waals surface area contributed by atoms with Crippen LogP contribution in [-0.4, -0.2) is 29.1 Å². The normalized spacial score (nSPS) is 10.1. The molecule has 0 fully saturated rings. The molecule has 0 aliphatic rings. The molecule has 2 aromatic rings. The molecule has 0 spiro atoms. The fourth-order valence-corrected chi connectivity index (χ4v) is 1.88. The van der Waals surface area contributed by atoms with Crippen molar-refractivity contribution in [2.45, 2.75) is 0 Å². The summed E-state index contributed by atoms with van der Waals surface area (Å²) in [5.41, 5.74) is 1.49. The molecule has 0 bridgehead atoms. The molecule has 0 amide bonds. The Morgan fingerprint density at radius 1 is 1.20 bits per heavy atom. The van der Waals surface area contributed by atoms with E-state index < -0.39 is 11.9 Å². The van der Waals surface area contributed by atoms with Crippen LogP contribution in [0.4, 0.5) is 0 Å². The van der Waals surface area contributed by atoms with Crippen LogP contribution in [0.2, 0.25) is 5.02 Å². The van der Waals surface area contributed by atoms with Crippen molar-refractivity contribution in [1.82, 2.24) is 4.98 Å². The van der Waals surface area contributed by atoms with Crippen molar-refractivity contribution >= 4 is 23.5 Å². The average molecular weight is 292 g/mol. The summed E-state index contributed by atoms with van der Waals surface area (Å²) < 4.78 is 4.64. The maximum Gasteiger partial charge on any atom is 0.339 e.